The lowest BCUT2D eigenvalue weighted by molar-refractivity contribution is -0.143. The summed E-state index contributed by atoms with van der Waals surface area (Å²) in [5, 5.41) is 33.6. The molecule has 8 heteroatoms. The van der Waals surface area contributed by atoms with Crippen LogP contribution in [0.4, 0.5) is 0 Å². The predicted molar refractivity (Wildman–Crippen MR) is 104 cm³/mol. The molecule has 0 atom stereocenters. The lowest BCUT2D eigenvalue weighted by Gasteiger charge is -2.16. The van der Waals surface area contributed by atoms with Crippen molar-refractivity contribution in [2.24, 2.45) is 11.8 Å². The Kier molecular flexibility index (Phi) is 18.3. The maximum Gasteiger partial charge on any atom is 0.306 e. The summed E-state index contributed by atoms with van der Waals surface area (Å²) < 4.78 is 9.75. The SMILES string of the molecule is O=C(O)C1CCCCC1.O=C(O)C1CCCCC1.OCCOCCOCCO. The highest BCUT2D eigenvalue weighted by molar-refractivity contribution is 5.70. The van der Waals surface area contributed by atoms with E-state index in [1.54, 1.807) is 0 Å². The van der Waals surface area contributed by atoms with Crippen molar-refractivity contribution in [3.05, 3.63) is 0 Å². The van der Waals surface area contributed by atoms with Gasteiger partial charge in [-0.15, -0.1) is 0 Å². The summed E-state index contributed by atoms with van der Waals surface area (Å²) in [6, 6.07) is 0. The van der Waals surface area contributed by atoms with Crippen LogP contribution >= 0.6 is 0 Å². The summed E-state index contributed by atoms with van der Waals surface area (Å²) in [7, 11) is 0. The molecule has 0 radical (unpaired) electrons. The van der Waals surface area contributed by atoms with Crippen molar-refractivity contribution in [2.75, 3.05) is 39.6 Å². The van der Waals surface area contributed by atoms with Gasteiger partial charge in [-0.3, -0.25) is 9.59 Å². The van der Waals surface area contributed by atoms with Gasteiger partial charge in [-0.1, -0.05) is 38.5 Å². The first kappa shape index (κ1) is 26.8. The lowest BCUT2D eigenvalue weighted by atomic mass is 9.90. The van der Waals surface area contributed by atoms with Gasteiger partial charge < -0.3 is 29.9 Å². The Morgan fingerprint density at radius 2 is 0.929 bits per heavy atom. The van der Waals surface area contributed by atoms with E-state index in [2.05, 4.69) is 0 Å². The third kappa shape index (κ3) is 15.8. The summed E-state index contributed by atoms with van der Waals surface area (Å²) in [6.45, 7) is 1.73. The van der Waals surface area contributed by atoms with Crippen LogP contribution in [0.25, 0.3) is 0 Å². The zero-order valence-corrected chi connectivity index (χ0v) is 16.9. The van der Waals surface area contributed by atoms with Crippen molar-refractivity contribution in [2.45, 2.75) is 64.2 Å². The molecule has 28 heavy (non-hydrogen) atoms. The molecule has 2 aliphatic carbocycles. The van der Waals surface area contributed by atoms with E-state index in [1.807, 2.05) is 0 Å². The first-order valence-electron chi connectivity index (χ1n) is 10.4. The van der Waals surface area contributed by atoms with E-state index in [0.717, 1.165) is 51.4 Å². The molecule has 0 heterocycles. The molecule has 0 unspecified atom stereocenters. The van der Waals surface area contributed by atoms with Crippen molar-refractivity contribution in [3.8, 4) is 0 Å². The second kappa shape index (κ2) is 19.1. The van der Waals surface area contributed by atoms with Gasteiger partial charge in [-0.05, 0) is 25.7 Å². The number of hydrogen-bond donors (Lipinski definition) is 4. The minimum Gasteiger partial charge on any atom is -0.481 e. The fraction of sp³-hybridized carbons (Fsp3) is 0.900. The molecule has 2 rings (SSSR count). The van der Waals surface area contributed by atoms with Crippen molar-refractivity contribution in [1.82, 2.24) is 0 Å². The minimum absolute atomic E-state index is 0.0289. The fourth-order valence-electron chi connectivity index (χ4n) is 3.15. The van der Waals surface area contributed by atoms with Crippen LogP contribution in [-0.4, -0.2) is 72.0 Å². The molecule has 4 N–H and O–H groups in total. The van der Waals surface area contributed by atoms with E-state index in [4.69, 9.17) is 29.9 Å². The molecular formula is C20H38O8. The van der Waals surface area contributed by atoms with Crippen molar-refractivity contribution in [1.29, 1.82) is 0 Å². The third-order valence-electron chi connectivity index (χ3n) is 4.75. The standard InChI is InChI=1S/2C7H12O2.C6H14O4/c2*8-7(9)6-4-2-1-3-5-6;7-1-3-9-5-6-10-4-2-8/h2*6H,1-5H2,(H,8,9);7-8H,1-6H2. The second-order valence-corrected chi connectivity index (χ2v) is 7.02. The van der Waals surface area contributed by atoms with Gasteiger partial charge >= 0.3 is 11.9 Å². The van der Waals surface area contributed by atoms with Crippen LogP contribution in [0, 0.1) is 11.8 Å². The highest BCUT2D eigenvalue weighted by Crippen LogP contribution is 2.23. The van der Waals surface area contributed by atoms with E-state index in [-0.39, 0.29) is 25.0 Å². The van der Waals surface area contributed by atoms with Gasteiger partial charge in [-0.25, -0.2) is 0 Å². The quantitative estimate of drug-likeness (QED) is 0.429. The molecular weight excluding hydrogens is 368 g/mol. The first-order chi connectivity index (χ1) is 13.5. The van der Waals surface area contributed by atoms with Crippen LogP contribution < -0.4 is 0 Å². The van der Waals surface area contributed by atoms with Gasteiger partial charge in [0.05, 0.1) is 51.5 Å². The lowest BCUT2D eigenvalue weighted by Crippen LogP contribution is -2.16. The summed E-state index contributed by atoms with van der Waals surface area (Å²) in [5.74, 6) is -1.26. The summed E-state index contributed by atoms with van der Waals surface area (Å²) in [6.07, 6.45) is 10.5. The summed E-state index contributed by atoms with van der Waals surface area (Å²) in [4.78, 5) is 20.7. The van der Waals surface area contributed by atoms with E-state index < -0.39 is 11.9 Å². The molecule has 166 valence electrons. The van der Waals surface area contributed by atoms with Crippen molar-refractivity contribution >= 4 is 11.9 Å². The Morgan fingerprint density at radius 3 is 1.14 bits per heavy atom. The zero-order valence-electron chi connectivity index (χ0n) is 16.9. The molecule has 0 aromatic carbocycles. The van der Waals surface area contributed by atoms with Crippen LogP contribution in [0.3, 0.4) is 0 Å². The molecule has 0 saturated heterocycles. The van der Waals surface area contributed by atoms with Gasteiger partial charge in [-0.2, -0.15) is 0 Å². The highest BCUT2D eigenvalue weighted by Gasteiger charge is 2.20. The molecule has 0 amide bonds. The van der Waals surface area contributed by atoms with Crippen LogP contribution in [0.2, 0.25) is 0 Å². The molecule has 0 bridgehead atoms. The Morgan fingerprint density at radius 1 is 0.607 bits per heavy atom. The number of aliphatic carboxylic acids is 2. The molecule has 0 aliphatic heterocycles. The molecule has 0 aromatic rings. The normalized spacial score (nSPS) is 17.6. The second-order valence-electron chi connectivity index (χ2n) is 7.02. The van der Waals surface area contributed by atoms with Gasteiger partial charge in [0.25, 0.3) is 0 Å². The average Bonchev–Trinajstić information content (AvgIpc) is 2.73. The number of carboxylic acid groups (broad SMARTS) is 2. The molecule has 2 fully saturated rings. The van der Waals surface area contributed by atoms with Crippen molar-refractivity contribution in [3.63, 3.8) is 0 Å². The van der Waals surface area contributed by atoms with Gasteiger partial charge in [0.1, 0.15) is 0 Å². The Hall–Kier alpha value is -1.22. The highest BCUT2D eigenvalue weighted by atomic mass is 16.5. The van der Waals surface area contributed by atoms with E-state index in [9.17, 15) is 9.59 Å². The molecule has 8 nitrogen and oxygen atoms in total. The van der Waals surface area contributed by atoms with Gasteiger partial charge in [0.2, 0.25) is 0 Å². The van der Waals surface area contributed by atoms with Crippen molar-refractivity contribution < 1.29 is 39.5 Å². The third-order valence-corrected chi connectivity index (χ3v) is 4.75. The molecule has 2 saturated carbocycles. The van der Waals surface area contributed by atoms with Crippen LogP contribution in [-0.2, 0) is 19.1 Å². The fourth-order valence-corrected chi connectivity index (χ4v) is 3.15. The van der Waals surface area contributed by atoms with Crippen LogP contribution in [0.1, 0.15) is 64.2 Å². The number of carbonyl (C=O) groups is 2. The minimum atomic E-state index is -0.602. The monoisotopic (exact) mass is 406 g/mol. The zero-order chi connectivity index (χ0) is 21.0. The molecule has 2 aliphatic rings. The van der Waals surface area contributed by atoms with Gasteiger partial charge in [0, 0.05) is 0 Å². The predicted octanol–water partition coefficient (Wildman–Crippen LogP) is 2.31. The number of carboxylic acids is 2. The Labute approximate surface area is 167 Å². The van der Waals surface area contributed by atoms with Crippen LogP contribution in [0.5, 0.6) is 0 Å². The topological polar surface area (TPSA) is 134 Å². The number of hydrogen-bond acceptors (Lipinski definition) is 6. The van der Waals surface area contributed by atoms with E-state index >= 15 is 0 Å². The number of rotatable bonds is 9. The number of aliphatic hydroxyl groups excluding tert-OH is 2. The van der Waals surface area contributed by atoms with Crippen LogP contribution in [0.15, 0.2) is 0 Å². The first-order valence-corrected chi connectivity index (χ1v) is 10.4. The number of aliphatic hydroxyl groups is 2. The molecule has 0 aromatic heterocycles. The largest absolute Gasteiger partial charge is 0.481 e. The Bertz CT molecular complexity index is 340. The Balaban J connectivity index is 0.000000391. The number of ether oxygens (including phenoxy) is 2. The maximum atomic E-state index is 10.4. The maximum absolute atomic E-state index is 10.4. The smallest absolute Gasteiger partial charge is 0.306 e. The van der Waals surface area contributed by atoms with Gasteiger partial charge in [0.15, 0.2) is 0 Å². The summed E-state index contributed by atoms with van der Waals surface area (Å²) in [5.41, 5.74) is 0. The van der Waals surface area contributed by atoms with E-state index in [0.29, 0.717) is 26.4 Å². The average molecular weight is 407 g/mol. The molecule has 0 spiro atoms. The summed E-state index contributed by atoms with van der Waals surface area (Å²) >= 11 is 0. The van der Waals surface area contributed by atoms with E-state index in [1.165, 1.54) is 12.8 Å².